The Morgan fingerprint density at radius 3 is 2.41 bits per heavy atom. The first kappa shape index (κ1) is 24.2. The van der Waals surface area contributed by atoms with E-state index in [1.54, 1.807) is 39.0 Å². The number of aromatic nitrogens is 1. The van der Waals surface area contributed by atoms with Gasteiger partial charge in [0.05, 0.1) is 5.92 Å². The van der Waals surface area contributed by atoms with E-state index in [0.717, 1.165) is 0 Å². The topological polar surface area (TPSA) is 80.3 Å². The lowest BCUT2D eigenvalue weighted by molar-refractivity contribution is -0.117. The molecule has 34 heavy (non-hydrogen) atoms. The molecule has 0 aliphatic heterocycles. The van der Waals surface area contributed by atoms with Crippen LogP contribution < -0.4 is 15.4 Å². The van der Waals surface area contributed by atoms with Gasteiger partial charge in [-0.05, 0) is 56.8 Å². The number of hydrogen-bond donors (Lipinski definition) is 2. The fourth-order valence-corrected chi connectivity index (χ4v) is 4.02. The Kier molecular flexibility index (Phi) is 6.40. The Hall–Kier alpha value is -2.97. The van der Waals surface area contributed by atoms with E-state index in [1.165, 1.54) is 18.3 Å². The quantitative estimate of drug-likeness (QED) is 0.420. The molecule has 2 aromatic carbocycles. The van der Waals surface area contributed by atoms with Crippen molar-refractivity contribution in [1.29, 1.82) is 0 Å². The summed E-state index contributed by atoms with van der Waals surface area (Å²) in [7, 11) is 0. The highest BCUT2D eigenvalue weighted by Crippen LogP contribution is 2.42. The van der Waals surface area contributed by atoms with Crippen molar-refractivity contribution in [3.63, 3.8) is 0 Å². The van der Waals surface area contributed by atoms with E-state index >= 15 is 4.39 Å². The van der Waals surface area contributed by atoms with Gasteiger partial charge in [0.15, 0.2) is 11.6 Å². The number of anilines is 1. The van der Waals surface area contributed by atoms with Crippen LogP contribution >= 0.6 is 23.2 Å². The van der Waals surface area contributed by atoms with Gasteiger partial charge in [-0.3, -0.25) is 4.79 Å². The first-order valence-electron chi connectivity index (χ1n) is 10.5. The zero-order valence-electron chi connectivity index (χ0n) is 18.5. The fourth-order valence-electron chi connectivity index (χ4n) is 3.42. The van der Waals surface area contributed by atoms with Crippen molar-refractivity contribution in [2.24, 2.45) is 5.92 Å². The monoisotopic (exact) mass is 507 g/mol. The molecule has 2 amide bonds. The van der Waals surface area contributed by atoms with Crippen molar-refractivity contribution in [3.05, 3.63) is 52.4 Å². The van der Waals surface area contributed by atoms with Gasteiger partial charge in [-0.25, -0.2) is 18.6 Å². The summed E-state index contributed by atoms with van der Waals surface area (Å²) in [4.78, 5) is 28.7. The van der Waals surface area contributed by atoms with Crippen LogP contribution in [-0.2, 0) is 4.79 Å². The lowest BCUT2D eigenvalue weighted by Crippen LogP contribution is -2.42. The SMILES string of the molecule is CC(C)(C)NC(=O)Oc1c(F)c(-c2c(Cl)cccc2Cl)cc2cc(NC(=O)C3CC3F)ncc12. The summed E-state index contributed by atoms with van der Waals surface area (Å²) in [5.74, 6) is -2.28. The molecule has 1 aliphatic carbocycles. The number of carbonyl (C=O) groups excluding carboxylic acids is 2. The van der Waals surface area contributed by atoms with Crippen molar-refractivity contribution in [1.82, 2.24) is 10.3 Å². The molecule has 0 radical (unpaired) electrons. The molecule has 1 aliphatic rings. The van der Waals surface area contributed by atoms with Gasteiger partial charge in [-0.1, -0.05) is 29.3 Å². The van der Waals surface area contributed by atoms with E-state index in [4.69, 9.17) is 27.9 Å². The maximum atomic E-state index is 15.7. The summed E-state index contributed by atoms with van der Waals surface area (Å²) in [6, 6.07) is 7.68. The number of benzene rings is 2. The Morgan fingerprint density at radius 2 is 1.82 bits per heavy atom. The number of halogens is 4. The normalized spacial score (nSPS) is 17.4. The molecule has 2 atom stereocenters. The highest BCUT2D eigenvalue weighted by molar-refractivity contribution is 6.39. The van der Waals surface area contributed by atoms with E-state index in [0.29, 0.717) is 5.39 Å². The third-order valence-corrected chi connectivity index (χ3v) is 5.75. The Balaban J connectivity index is 1.84. The van der Waals surface area contributed by atoms with Crippen molar-refractivity contribution in [2.75, 3.05) is 5.32 Å². The zero-order valence-corrected chi connectivity index (χ0v) is 20.0. The molecule has 178 valence electrons. The van der Waals surface area contributed by atoms with Gasteiger partial charge in [0.1, 0.15) is 12.0 Å². The molecule has 0 spiro atoms. The van der Waals surface area contributed by atoms with Crippen molar-refractivity contribution >= 4 is 51.8 Å². The highest BCUT2D eigenvalue weighted by atomic mass is 35.5. The molecule has 1 heterocycles. The molecule has 1 fully saturated rings. The molecule has 2 unspecified atom stereocenters. The molecule has 0 saturated heterocycles. The van der Waals surface area contributed by atoms with Crippen molar-refractivity contribution in [2.45, 2.75) is 38.9 Å². The average Bonchev–Trinajstić information content (AvgIpc) is 3.46. The van der Waals surface area contributed by atoms with Crippen LogP contribution in [0.25, 0.3) is 21.9 Å². The van der Waals surface area contributed by atoms with Gasteiger partial charge in [-0.2, -0.15) is 0 Å². The van der Waals surface area contributed by atoms with Gasteiger partial charge in [0.25, 0.3) is 0 Å². The van der Waals surface area contributed by atoms with E-state index in [1.807, 2.05) is 0 Å². The lowest BCUT2D eigenvalue weighted by atomic mass is 10.00. The molecule has 0 bridgehead atoms. The van der Waals surface area contributed by atoms with Crippen LogP contribution in [0.3, 0.4) is 0 Å². The summed E-state index contributed by atoms with van der Waals surface area (Å²) < 4.78 is 34.4. The standard InChI is InChI=1S/C24H21Cl2F2N3O3/c1-24(2,3)31-23(33)34-21-14-10-29-18(30-22(32)12-9-17(12)27)8-11(14)7-13(20(21)28)19-15(25)5-4-6-16(19)26/h4-8,10,12,17H,9H2,1-3H3,(H,31,33)(H,29,30,32). The minimum atomic E-state index is -1.16. The number of nitrogens with zero attached hydrogens (tertiary/aromatic N) is 1. The number of carbonyl (C=O) groups is 2. The second-order valence-electron chi connectivity index (χ2n) is 9.07. The predicted molar refractivity (Wildman–Crippen MR) is 128 cm³/mol. The number of amides is 2. The largest absolute Gasteiger partial charge is 0.413 e. The first-order chi connectivity index (χ1) is 15.9. The molecule has 4 rings (SSSR count). The minimum absolute atomic E-state index is 0.00356. The Morgan fingerprint density at radius 1 is 1.18 bits per heavy atom. The number of alkyl halides is 1. The second-order valence-corrected chi connectivity index (χ2v) is 9.88. The molecule has 2 N–H and O–H groups in total. The summed E-state index contributed by atoms with van der Waals surface area (Å²) in [6.07, 6.45) is -0.591. The van der Waals surface area contributed by atoms with Crippen LogP contribution in [0, 0.1) is 11.7 Å². The Bertz CT molecular complexity index is 1290. The predicted octanol–water partition coefficient (Wildman–Crippen LogP) is 6.53. The number of hydrogen-bond acceptors (Lipinski definition) is 4. The number of nitrogens with one attached hydrogen (secondary N) is 2. The van der Waals surface area contributed by atoms with Crippen molar-refractivity contribution in [3.8, 4) is 16.9 Å². The van der Waals surface area contributed by atoms with Gasteiger partial charge >= 0.3 is 6.09 Å². The summed E-state index contributed by atoms with van der Waals surface area (Å²) in [5.41, 5.74) is -0.414. The van der Waals surface area contributed by atoms with Crippen molar-refractivity contribution < 1.29 is 23.1 Å². The number of fused-ring (bicyclic) bond motifs is 1. The van der Waals surface area contributed by atoms with Crippen LogP contribution in [0.4, 0.5) is 19.4 Å². The maximum absolute atomic E-state index is 15.7. The van der Waals surface area contributed by atoms with Crippen LogP contribution in [-0.4, -0.2) is 28.7 Å². The number of rotatable bonds is 4. The van der Waals surface area contributed by atoms with E-state index < -0.39 is 35.4 Å². The van der Waals surface area contributed by atoms with E-state index in [2.05, 4.69) is 15.6 Å². The maximum Gasteiger partial charge on any atom is 0.413 e. The van der Waals surface area contributed by atoms with Gasteiger partial charge in [0.2, 0.25) is 5.91 Å². The number of ether oxygens (including phenoxy) is 1. The third-order valence-electron chi connectivity index (χ3n) is 5.12. The highest BCUT2D eigenvalue weighted by Gasteiger charge is 2.43. The lowest BCUT2D eigenvalue weighted by Gasteiger charge is -2.21. The minimum Gasteiger partial charge on any atom is -0.406 e. The fraction of sp³-hybridized carbons (Fsp3) is 0.292. The molecule has 3 aromatic rings. The molecule has 10 heteroatoms. The molecular weight excluding hydrogens is 487 g/mol. The summed E-state index contributed by atoms with van der Waals surface area (Å²) in [6.45, 7) is 5.25. The first-order valence-corrected chi connectivity index (χ1v) is 11.2. The van der Waals surface area contributed by atoms with Gasteiger partial charge in [-0.15, -0.1) is 0 Å². The summed E-state index contributed by atoms with van der Waals surface area (Å²) >= 11 is 12.6. The Labute approximate surface area is 204 Å². The third kappa shape index (κ3) is 5.08. The number of pyridine rings is 1. The van der Waals surface area contributed by atoms with Crippen LogP contribution in [0.2, 0.25) is 10.0 Å². The van der Waals surface area contributed by atoms with Crippen LogP contribution in [0.1, 0.15) is 27.2 Å². The van der Waals surface area contributed by atoms with E-state index in [-0.39, 0.29) is 44.5 Å². The van der Waals surface area contributed by atoms with E-state index in [9.17, 15) is 14.0 Å². The summed E-state index contributed by atoms with van der Waals surface area (Å²) in [5, 5.41) is 6.13. The van der Waals surface area contributed by atoms with Crippen LogP contribution in [0.5, 0.6) is 5.75 Å². The molecule has 1 saturated carbocycles. The second kappa shape index (κ2) is 9.00. The average molecular weight is 508 g/mol. The van der Waals surface area contributed by atoms with Crippen LogP contribution in [0.15, 0.2) is 36.5 Å². The molecule has 1 aromatic heterocycles. The van der Waals surface area contributed by atoms with Gasteiger partial charge in [0, 0.05) is 38.3 Å². The molecule has 6 nitrogen and oxygen atoms in total. The zero-order chi connectivity index (χ0) is 24.8. The molecular formula is C24H21Cl2F2N3O3. The smallest absolute Gasteiger partial charge is 0.406 e. The van der Waals surface area contributed by atoms with Gasteiger partial charge < -0.3 is 15.4 Å².